The van der Waals surface area contributed by atoms with Crippen LogP contribution in [0.5, 0.6) is 0 Å². The topological polar surface area (TPSA) is 44.0 Å². The van der Waals surface area contributed by atoms with Gasteiger partial charge in [0.15, 0.2) is 0 Å². The van der Waals surface area contributed by atoms with Crippen LogP contribution in [0.25, 0.3) is 0 Å². The lowest BCUT2D eigenvalue weighted by atomic mass is 10.7. The predicted molar refractivity (Wildman–Crippen MR) is 28.0 cm³/mol. The largest absolute Gasteiger partial charge is 0.388 e. The lowest BCUT2D eigenvalue weighted by Crippen LogP contribution is -2.32. The molecule has 10 heavy (non-hydrogen) atoms. The number of nitrogens with zero attached hydrogens (tertiary/aromatic N) is 2. The number of rotatable bonds is 0. The Morgan fingerprint density at radius 2 is 1.90 bits per heavy atom. The molecule has 4 nitrogen and oxygen atoms in total. The van der Waals surface area contributed by atoms with Crippen LogP contribution in [0.15, 0.2) is 21.9 Å². The molecule has 0 saturated heterocycles. The summed E-state index contributed by atoms with van der Waals surface area (Å²) in [6, 6.07) is 0.599. The molecule has 1 aromatic heterocycles. The summed E-state index contributed by atoms with van der Waals surface area (Å²) in [5.74, 6) is 0. The molecule has 0 bridgehead atoms. The summed E-state index contributed by atoms with van der Waals surface area (Å²) in [5, 5.41) is 0. The maximum absolute atomic E-state index is 12.0. The molecule has 0 N–H and O–H groups in total. The summed E-state index contributed by atoms with van der Waals surface area (Å²) in [7, 11) is 0. The molecule has 0 aliphatic rings. The molecule has 0 atom stereocenters. The molecule has 0 aliphatic heterocycles. The summed E-state index contributed by atoms with van der Waals surface area (Å²) < 4.78 is 24.0. The molecule has 6 heteroatoms. The van der Waals surface area contributed by atoms with Gasteiger partial charge in [0.1, 0.15) is 0 Å². The third-order valence-electron chi connectivity index (χ3n) is 0.892. The molecule has 0 amide bonds. The van der Waals surface area contributed by atoms with Crippen molar-refractivity contribution in [3.63, 3.8) is 0 Å². The van der Waals surface area contributed by atoms with Crippen LogP contribution < -0.4 is 11.2 Å². The first-order valence-electron chi connectivity index (χ1n) is 2.30. The van der Waals surface area contributed by atoms with Crippen molar-refractivity contribution in [3.05, 3.63) is 33.1 Å². The fourth-order valence-electron chi connectivity index (χ4n) is 0.437. The second-order valence-electron chi connectivity index (χ2n) is 1.53. The highest BCUT2D eigenvalue weighted by Gasteiger charge is 2.00. The Morgan fingerprint density at radius 3 is 2.40 bits per heavy atom. The smallest absolute Gasteiger partial charge is 0.267 e. The van der Waals surface area contributed by atoms with E-state index in [1.165, 1.54) is 0 Å². The average molecular weight is 148 g/mol. The zero-order valence-corrected chi connectivity index (χ0v) is 4.62. The minimum atomic E-state index is -1.63. The normalized spacial score (nSPS) is 9.80. The molecule has 0 saturated carbocycles. The van der Waals surface area contributed by atoms with Crippen molar-refractivity contribution in [1.82, 2.24) is 9.58 Å². The summed E-state index contributed by atoms with van der Waals surface area (Å²) >= 11 is 0. The van der Waals surface area contributed by atoms with Gasteiger partial charge in [0, 0.05) is 12.3 Å². The second kappa shape index (κ2) is 2.05. The van der Waals surface area contributed by atoms with Crippen LogP contribution in [-0.4, -0.2) is 9.58 Å². The van der Waals surface area contributed by atoms with E-state index in [1.807, 2.05) is 0 Å². The predicted octanol–water partition coefficient (Wildman–Crippen LogP) is -0.525. The van der Waals surface area contributed by atoms with Gasteiger partial charge in [-0.3, -0.25) is 4.79 Å². The molecule has 1 heterocycles. The van der Waals surface area contributed by atoms with E-state index in [9.17, 15) is 18.6 Å². The Labute approximate surface area is 52.8 Å². The highest BCUT2D eigenvalue weighted by molar-refractivity contribution is 4.81. The molecule has 1 rings (SSSR count). The Bertz CT molecular complexity index is 353. The maximum Gasteiger partial charge on any atom is 0.388 e. The van der Waals surface area contributed by atoms with Gasteiger partial charge in [-0.1, -0.05) is 13.8 Å². The van der Waals surface area contributed by atoms with Crippen molar-refractivity contribution in [2.45, 2.75) is 0 Å². The van der Waals surface area contributed by atoms with Crippen LogP contribution in [0.1, 0.15) is 0 Å². The van der Waals surface area contributed by atoms with Crippen LogP contribution >= 0.6 is 0 Å². The van der Waals surface area contributed by atoms with E-state index in [1.54, 1.807) is 0 Å². The molecule has 54 valence electrons. The Kier molecular flexibility index (Phi) is 1.37. The van der Waals surface area contributed by atoms with Gasteiger partial charge in [-0.05, 0) is 0 Å². The van der Waals surface area contributed by atoms with E-state index in [0.717, 1.165) is 0 Å². The van der Waals surface area contributed by atoms with Gasteiger partial charge >= 0.3 is 5.69 Å². The molecule has 0 aliphatic carbocycles. The molecule has 0 radical (unpaired) electrons. The van der Waals surface area contributed by atoms with E-state index in [4.69, 9.17) is 0 Å². The van der Waals surface area contributed by atoms with Gasteiger partial charge in [0.25, 0.3) is 5.56 Å². The first-order chi connectivity index (χ1) is 4.63. The lowest BCUT2D eigenvalue weighted by Gasteiger charge is -1.89. The molecular formula is C4H2F2N2O2. The molecule has 0 fully saturated rings. The number of hydrogen-bond acceptors (Lipinski definition) is 2. The van der Waals surface area contributed by atoms with Crippen molar-refractivity contribution in [1.29, 1.82) is 0 Å². The molecule has 0 unspecified atom stereocenters. The average Bonchev–Trinajstić information content (AvgIpc) is 1.93. The van der Waals surface area contributed by atoms with Crippen LogP contribution in [0, 0.1) is 0 Å². The zero-order chi connectivity index (χ0) is 7.72. The number of halogens is 2. The van der Waals surface area contributed by atoms with Gasteiger partial charge < -0.3 is 0 Å². The molecule has 1 aromatic rings. The van der Waals surface area contributed by atoms with Gasteiger partial charge in [0.05, 0.1) is 0 Å². The summed E-state index contributed by atoms with van der Waals surface area (Å²) in [5.41, 5.74) is -2.81. The van der Waals surface area contributed by atoms with Crippen molar-refractivity contribution < 1.29 is 8.96 Å². The van der Waals surface area contributed by atoms with Gasteiger partial charge in [-0.2, -0.15) is 0 Å². The Hall–Kier alpha value is -1.46. The van der Waals surface area contributed by atoms with E-state index in [-0.39, 0.29) is 0 Å². The standard InChI is InChI=1S/C4H2F2N2O2/c5-7-2-1-3(9)8(6)4(7)10/h1-2H. The van der Waals surface area contributed by atoms with E-state index in [0.29, 0.717) is 12.3 Å². The van der Waals surface area contributed by atoms with Crippen LogP contribution in [0.4, 0.5) is 8.96 Å². The summed E-state index contributed by atoms with van der Waals surface area (Å²) in [6.45, 7) is 0. The van der Waals surface area contributed by atoms with Crippen LogP contribution in [-0.2, 0) is 0 Å². The van der Waals surface area contributed by atoms with Gasteiger partial charge in [-0.15, -0.1) is 4.79 Å². The van der Waals surface area contributed by atoms with Crippen molar-refractivity contribution in [2.24, 2.45) is 0 Å². The third kappa shape index (κ3) is 0.831. The van der Waals surface area contributed by atoms with Crippen molar-refractivity contribution >= 4 is 0 Å². The van der Waals surface area contributed by atoms with Gasteiger partial charge in [-0.25, -0.2) is 4.79 Å². The van der Waals surface area contributed by atoms with E-state index >= 15 is 0 Å². The van der Waals surface area contributed by atoms with Crippen molar-refractivity contribution in [3.8, 4) is 0 Å². The van der Waals surface area contributed by atoms with Crippen LogP contribution in [0.3, 0.4) is 0 Å². The first-order valence-corrected chi connectivity index (χ1v) is 2.30. The fourth-order valence-corrected chi connectivity index (χ4v) is 0.437. The quantitative estimate of drug-likeness (QED) is 0.496. The first kappa shape index (κ1) is 6.66. The lowest BCUT2D eigenvalue weighted by molar-refractivity contribution is 0.260. The highest BCUT2D eigenvalue weighted by atomic mass is 19.2. The number of hydrogen-bond donors (Lipinski definition) is 0. The molecule has 0 aromatic carbocycles. The third-order valence-corrected chi connectivity index (χ3v) is 0.892. The minimum absolute atomic E-state index is 0.526. The second-order valence-corrected chi connectivity index (χ2v) is 1.53. The summed E-state index contributed by atoms with van der Waals surface area (Å²) in [4.78, 5) is 19.0. The molecule has 0 spiro atoms. The maximum atomic E-state index is 12.0. The van der Waals surface area contributed by atoms with E-state index in [2.05, 4.69) is 0 Å². The van der Waals surface area contributed by atoms with E-state index < -0.39 is 20.8 Å². The molecular weight excluding hydrogens is 146 g/mol. The van der Waals surface area contributed by atoms with Gasteiger partial charge in [0.2, 0.25) is 0 Å². The number of aromatic nitrogens is 2. The minimum Gasteiger partial charge on any atom is -0.267 e. The monoisotopic (exact) mass is 148 g/mol. The highest BCUT2D eigenvalue weighted by Crippen LogP contribution is 1.73. The Balaban J connectivity index is 3.66. The van der Waals surface area contributed by atoms with Crippen molar-refractivity contribution in [2.75, 3.05) is 0 Å². The zero-order valence-electron chi connectivity index (χ0n) is 4.62. The summed E-state index contributed by atoms with van der Waals surface area (Å²) in [6.07, 6.45) is 0.542. The van der Waals surface area contributed by atoms with Crippen LogP contribution in [0.2, 0.25) is 0 Å². The SMILES string of the molecule is O=c1ccn(F)c(=O)n1F. The Morgan fingerprint density at radius 1 is 1.30 bits per heavy atom. The fraction of sp³-hybridized carbons (Fsp3) is 0.